The van der Waals surface area contributed by atoms with Crippen LogP contribution in [0.2, 0.25) is 0 Å². The topological polar surface area (TPSA) is 102 Å². The highest BCUT2D eigenvalue weighted by molar-refractivity contribution is 8.01. The molecule has 2 saturated heterocycles. The van der Waals surface area contributed by atoms with Crippen LogP contribution < -0.4 is 4.74 Å². The van der Waals surface area contributed by atoms with Gasteiger partial charge in [0.15, 0.2) is 6.61 Å². The molecule has 3 aliphatic heterocycles. The maximum atomic E-state index is 13.1. The summed E-state index contributed by atoms with van der Waals surface area (Å²) in [5, 5.41) is 5.86. The van der Waals surface area contributed by atoms with Gasteiger partial charge in [-0.15, -0.1) is 11.8 Å². The molecule has 178 valence electrons. The van der Waals surface area contributed by atoms with E-state index in [-0.39, 0.29) is 10.8 Å². The van der Waals surface area contributed by atoms with E-state index in [1.807, 2.05) is 31.2 Å². The number of hydrogen-bond acceptors (Lipinski definition) is 8. The van der Waals surface area contributed by atoms with E-state index in [1.165, 1.54) is 5.01 Å². The number of hydrogen-bond donors (Lipinski definition) is 0. The van der Waals surface area contributed by atoms with E-state index >= 15 is 0 Å². The van der Waals surface area contributed by atoms with Crippen molar-refractivity contribution in [2.75, 3.05) is 19.5 Å². The molecular weight excluding hydrogens is 458 g/mol. The number of thioether (sulfide) groups is 1. The number of carbonyl (C=O) groups is 3. The van der Waals surface area contributed by atoms with Crippen LogP contribution in [0.3, 0.4) is 0 Å². The minimum absolute atomic E-state index is 0.0491. The first-order valence-corrected chi connectivity index (χ1v) is 12.1. The summed E-state index contributed by atoms with van der Waals surface area (Å²) < 4.78 is 16.2. The third-order valence-corrected chi connectivity index (χ3v) is 8.02. The second-order valence-corrected chi connectivity index (χ2v) is 10.1. The maximum Gasteiger partial charge on any atom is 0.330 e. The van der Waals surface area contributed by atoms with Gasteiger partial charge in [-0.25, -0.2) is 9.80 Å². The smallest absolute Gasteiger partial charge is 0.330 e. The fourth-order valence-electron chi connectivity index (χ4n) is 4.69. The lowest BCUT2D eigenvalue weighted by Gasteiger charge is -2.29. The first kappa shape index (κ1) is 22.5. The Kier molecular flexibility index (Phi) is 5.85. The van der Waals surface area contributed by atoms with Gasteiger partial charge < -0.3 is 18.8 Å². The molecule has 0 bridgehead atoms. The van der Waals surface area contributed by atoms with Crippen molar-refractivity contribution in [2.45, 2.75) is 43.1 Å². The van der Waals surface area contributed by atoms with Crippen LogP contribution in [0.25, 0.3) is 0 Å². The molecule has 2 amide bonds. The monoisotopic (exact) mass is 483 g/mol. The standard InChI is InChI=1S/C24H25N3O6S/c1-24-10-9-21(28)26(24)19(14-34-24)23(30)33-13-22(29)27-18(20-4-3-11-32-20)12-17(25-27)15-5-7-16(31-2)8-6-15/h3-8,11,18-19H,9-10,12-14H2,1-2H3/t18-,19+,24+/m1/s1. The summed E-state index contributed by atoms with van der Waals surface area (Å²) in [4.78, 5) is 39.4. The number of carbonyl (C=O) groups excluding carboxylic acids is 3. The van der Waals surface area contributed by atoms with Gasteiger partial charge in [0.2, 0.25) is 5.91 Å². The molecule has 34 heavy (non-hydrogen) atoms. The normalized spacial score (nSPS) is 25.9. The van der Waals surface area contributed by atoms with E-state index in [0.29, 0.717) is 36.5 Å². The zero-order valence-electron chi connectivity index (χ0n) is 18.9. The molecule has 3 atom stereocenters. The molecule has 0 radical (unpaired) electrons. The molecule has 5 rings (SSSR count). The van der Waals surface area contributed by atoms with Crippen LogP contribution in [0, 0.1) is 0 Å². The molecule has 4 heterocycles. The van der Waals surface area contributed by atoms with Gasteiger partial charge in [0, 0.05) is 18.6 Å². The third-order valence-electron chi connectivity index (χ3n) is 6.52. The Hall–Kier alpha value is -3.27. The Morgan fingerprint density at radius 3 is 2.76 bits per heavy atom. The van der Waals surface area contributed by atoms with E-state index in [1.54, 1.807) is 42.2 Å². The molecular formula is C24H25N3O6S. The van der Waals surface area contributed by atoms with Gasteiger partial charge in [-0.1, -0.05) is 0 Å². The van der Waals surface area contributed by atoms with Gasteiger partial charge in [-0.05, 0) is 55.3 Å². The van der Waals surface area contributed by atoms with Crippen molar-refractivity contribution >= 4 is 35.3 Å². The average Bonchev–Trinajstić information content (AvgIpc) is 3.62. The van der Waals surface area contributed by atoms with Crippen LogP contribution in [0.5, 0.6) is 5.75 Å². The Labute approximate surface area is 201 Å². The fourth-order valence-corrected chi connectivity index (χ4v) is 6.11. The highest BCUT2D eigenvalue weighted by Crippen LogP contribution is 2.47. The lowest BCUT2D eigenvalue weighted by molar-refractivity contribution is -0.159. The molecule has 0 saturated carbocycles. The fraction of sp³-hybridized carbons (Fsp3) is 0.417. The van der Waals surface area contributed by atoms with Crippen molar-refractivity contribution in [2.24, 2.45) is 5.10 Å². The van der Waals surface area contributed by atoms with Crippen LogP contribution in [-0.2, 0) is 19.1 Å². The molecule has 1 aromatic heterocycles. The van der Waals surface area contributed by atoms with Crippen molar-refractivity contribution < 1.29 is 28.3 Å². The SMILES string of the molecule is COc1ccc(C2=NN(C(=O)COC(=O)[C@@H]3CS[C@@]4(C)CCC(=O)N34)[C@@H](c3ccco3)C2)cc1. The van der Waals surface area contributed by atoms with Crippen molar-refractivity contribution in [3.63, 3.8) is 0 Å². The van der Waals surface area contributed by atoms with Crippen LogP contribution in [0.15, 0.2) is 52.2 Å². The second kappa shape index (κ2) is 8.83. The van der Waals surface area contributed by atoms with Crippen molar-refractivity contribution in [3.8, 4) is 5.75 Å². The summed E-state index contributed by atoms with van der Waals surface area (Å²) in [5.74, 6) is 0.715. The van der Waals surface area contributed by atoms with E-state index in [2.05, 4.69) is 5.10 Å². The number of ether oxygens (including phenoxy) is 2. The van der Waals surface area contributed by atoms with Gasteiger partial charge in [0.05, 0.1) is 24.0 Å². The number of hydrazone groups is 1. The van der Waals surface area contributed by atoms with Crippen molar-refractivity contribution in [1.29, 1.82) is 0 Å². The lowest BCUT2D eigenvalue weighted by atomic mass is 10.0. The van der Waals surface area contributed by atoms with Crippen LogP contribution in [0.4, 0.5) is 0 Å². The van der Waals surface area contributed by atoms with E-state index in [4.69, 9.17) is 13.9 Å². The Balaban J connectivity index is 1.30. The first-order valence-electron chi connectivity index (χ1n) is 11.1. The van der Waals surface area contributed by atoms with Crippen molar-refractivity contribution in [3.05, 3.63) is 54.0 Å². The molecule has 2 fully saturated rings. The van der Waals surface area contributed by atoms with E-state index in [9.17, 15) is 14.4 Å². The number of fused-ring (bicyclic) bond motifs is 1. The van der Waals surface area contributed by atoms with Gasteiger partial charge in [0.25, 0.3) is 5.91 Å². The third kappa shape index (κ3) is 3.96. The maximum absolute atomic E-state index is 13.1. The zero-order chi connectivity index (χ0) is 23.9. The van der Waals surface area contributed by atoms with E-state index < -0.39 is 30.6 Å². The summed E-state index contributed by atoms with van der Waals surface area (Å²) in [5.41, 5.74) is 1.58. The quantitative estimate of drug-likeness (QED) is 0.582. The summed E-state index contributed by atoms with van der Waals surface area (Å²) in [6, 6.07) is 9.86. The molecule has 0 unspecified atom stereocenters. The Bertz CT molecular complexity index is 1130. The second-order valence-electron chi connectivity index (χ2n) is 8.62. The highest BCUT2D eigenvalue weighted by atomic mass is 32.2. The molecule has 0 spiro atoms. The number of rotatable bonds is 6. The summed E-state index contributed by atoms with van der Waals surface area (Å²) in [6.45, 7) is 1.50. The molecule has 10 heteroatoms. The number of amides is 2. The van der Waals surface area contributed by atoms with Gasteiger partial charge in [-0.2, -0.15) is 5.10 Å². The lowest BCUT2D eigenvalue weighted by Crippen LogP contribution is -2.47. The number of benzene rings is 1. The molecule has 3 aliphatic rings. The van der Waals surface area contributed by atoms with Crippen LogP contribution in [0.1, 0.15) is 43.6 Å². The summed E-state index contributed by atoms with van der Waals surface area (Å²) in [7, 11) is 1.60. The summed E-state index contributed by atoms with van der Waals surface area (Å²) >= 11 is 1.58. The molecule has 1 aromatic carbocycles. The molecule has 9 nitrogen and oxygen atoms in total. The largest absolute Gasteiger partial charge is 0.497 e. The molecule has 0 N–H and O–H groups in total. The van der Waals surface area contributed by atoms with Crippen LogP contribution >= 0.6 is 11.8 Å². The molecule has 2 aromatic rings. The predicted molar refractivity (Wildman–Crippen MR) is 124 cm³/mol. The molecule has 0 aliphatic carbocycles. The average molecular weight is 484 g/mol. The Morgan fingerprint density at radius 1 is 1.26 bits per heavy atom. The number of methoxy groups -OCH3 is 1. The zero-order valence-corrected chi connectivity index (χ0v) is 19.7. The van der Waals surface area contributed by atoms with Gasteiger partial charge >= 0.3 is 5.97 Å². The minimum atomic E-state index is -0.671. The van der Waals surface area contributed by atoms with Crippen molar-refractivity contribution in [1.82, 2.24) is 9.91 Å². The summed E-state index contributed by atoms with van der Waals surface area (Å²) in [6.07, 6.45) is 3.14. The number of nitrogens with zero attached hydrogens (tertiary/aromatic N) is 3. The van der Waals surface area contributed by atoms with Gasteiger partial charge in [0.1, 0.15) is 23.6 Å². The Morgan fingerprint density at radius 2 is 2.06 bits per heavy atom. The number of esters is 1. The van der Waals surface area contributed by atoms with Gasteiger partial charge in [-0.3, -0.25) is 9.59 Å². The highest BCUT2D eigenvalue weighted by Gasteiger charge is 2.53. The van der Waals surface area contributed by atoms with E-state index in [0.717, 1.165) is 11.3 Å². The first-order chi connectivity index (χ1) is 16.4. The minimum Gasteiger partial charge on any atom is -0.497 e. The van der Waals surface area contributed by atoms with Crippen LogP contribution in [-0.4, -0.2) is 63.8 Å². The number of furan rings is 1. The predicted octanol–water partition coefficient (Wildman–Crippen LogP) is 2.96.